The molecule has 1 aromatic carbocycles. The summed E-state index contributed by atoms with van der Waals surface area (Å²) in [6.45, 7) is 7.69. The molecule has 2 N–H and O–H groups in total. The highest BCUT2D eigenvalue weighted by atomic mass is 35.5. The van der Waals surface area contributed by atoms with Crippen LogP contribution in [0.25, 0.3) is 0 Å². The van der Waals surface area contributed by atoms with Crippen LogP contribution in [0.4, 0.5) is 0 Å². The molecule has 5 nitrogen and oxygen atoms in total. The minimum Gasteiger partial charge on any atom is -0.349 e. The average Bonchev–Trinajstić information content (AvgIpc) is 3.10. The molecule has 0 radical (unpaired) electrons. The van der Waals surface area contributed by atoms with Crippen molar-refractivity contribution < 1.29 is 9.59 Å². The van der Waals surface area contributed by atoms with E-state index >= 15 is 0 Å². The third-order valence-corrected chi connectivity index (χ3v) is 7.51. The van der Waals surface area contributed by atoms with E-state index in [1.54, 1.807) is 12.1 Å². The fraction of sp³-hybridized carbons (Fsp3) is 0.500. The summed E-state index contributed by atoms with van der Waals surface area (Å²) >= 11 is 7.13. The lowest BCUT2D eigenvalue weighted by Gasteiger charge is -2.27. The molecule has 7 heteroatoms. The average molecular weight is 460 g/mol. The molecule has 0 unspecified atom stereocenters. The second-order valence-electron chi connectivity index (χ2n) is 9.47. The summed E-state index contributed by atoms with van der Waals surface area (Å²) in [5.41, 5.74) is 1.69. The van der Waals surface area contributed by atoms with Crippen LogP contribution in [0.3, 0.4) is 0 Å². The normalized spacial score (nSPS) is 18.0. The Morgan fingerprint density at radius 2 is 1.74 bits per heavy atom. The van der Waals surface area contributed by atoms with E-state index in [0.29, 0.717) is 21.3 Å². The highest BCUT2D eigenvalue weighted by Gasteiger charge is 2.45. The van der Waals surface area contributed by atoms with Crippen LogP contribution in [0, 0.1) is 0 Å². The quantitative estimate of drug-likeness (QED) is 0.612. The van der Waals surface area contributed by atoms with Gasteiger partial charge in [-0.1, -0.05) is 23.7 Å². The lowest BCUT2D eigenvalue weighted by atomic mass is 9.94. The van der Waals surface area contributed by atoms with Gasteiger partial charge >= 0.3 is 0 Å². The number of benzene rings is 1. The van der Waals surface area contributed by atoms with Gasteiger partial charge in [0.25, 0.3) is 11.8 Å². The van der Waals surface area contributed by atoms with Gasteiger partial charge in [-0.15, -0.1) is 11.3 Å². The van der Waals surface area contributed by atoms with Crippen LogP contribution in [0.2, 0.25) is 4.34 Å². The Balaban J connectivity index is 1.32. The van der Waals surface area contributed by atoms with Crippen LogP contribution in [-0.4, -0.2) is 48.4 Å². The summed E-state index contributed by atoms with van der Waals surface area (Å²) in [5, 5.41) is 5.91. The smallest absolute Gasteiger partial charge is 0.261 e. The van der Waals surface area contributed by atoms with Crippen molar-refractivity contribution >= 4 is 34.8 Å². The fourth-order valence-electron chi connectivity index (χ4n) is 4.28. The van der Waals surface area contributed by atoms with Gasteiger partial charge in [-0.3, -0.25) is 9.59 Å². The van der Waals surface area contributed by atoms with E-state index in [4.69, 9.17) is 11.6 Å². The molecule has 31 heavy (non-hydrogen) atoms. The van der Waals surface area contributed by atoms with Crippen LogP contribution in [0.15, 0.2) is 36.4 Å². The number of carbonyl (C=O) groups is 2. The molecular weight excluding hydrogens is 430 g/mol. The fourth-order valence-corrected chi connectivity index (χ4v) is 5.24. The van der Waals surface area contributed by atoms with Gasteiger partial charge in [-0.05, 0) is 82.4 Å². The van der Waals surface area contributed by atoms with Gasteiger partial charge in [0.1, 0.15) is 0 Å². The highest BCUT2D eigenvalue weighted by molar-refractivity contribution is 7.18. The van der Waals surface area contributed by atoms with E-state index in [-0.39, 0.29) is 17.2 Å². The van der Waals surface area contributed by atoms with Crippen LogP contribution in [-0.2, 0) is 5.41 Å². The summed E-state index contributed by atoms with van der Waals surface area (Å²) in [4.78, 5) is 28.2. The maximum atomic E-state index is 12.8. The van der Waals surface area contributed by atoms with Crippen molar-refractivity contribution in [2.24, 2.45) is 0 Å². The Morgan fingerprint density at radius 1 is 1.06 bits per heavy atom. The molecule has 0 atom stereocenters. The highest BCUT2D eigenvalue weighted by Crippen LogP contribution is 2.49. The summed E-state index contributed by atoms with van der Waals surface area (Å²) in [5.74, 6) is -0.314. The summed E-state index contributed by atoms with van der Waals surface area (Å²) < 4.78 is 0.578. The van der Waals surface area contributed by atoms with Crippen LogP contribution in [0.5, 0.6) is 0 Å². The maximum Gasteiger partial charge on any atom is 0.261 e. The molecule has 0 bridgehead atoms. The number of carbonyl (C=O) groups excluding carboxylic acids is 2. The van der Waals surface area contributed by atoms with Crippen molar-refractivity contribution in [3.63, 3.8) is 0 Å². The second-order valence-corrected chi connectivity index (χ2v) is 11.2. The van der Waals surface area contributed by atoms with Gasteiger partial charge in [0.15, 0.2) is 0 Å². The van der Waals surface area contributed by atoms with Gasteiger partial charge < -0.3 is 15.5 Å². The monoisotopic (exact) mass is 459 g/mol. The minimum atomic E-state index is -0.583. The van der Waals surface area contributed by atoms with Crippen molar-refractivity contribution in [1.29, 1.82) is 0 Å². The van der Waals surface area contributed by atoms with Gasteiger partial charge in [0.2, 0.25) is 0 Å². The van der Waals surface area contributed by atoms with E-state index in [9.17, 15) is 9.59 Å². The van der Waals surface area contributed by atoms with E-state index < -0.39 is 5.54 Å². The molecule has 4 rings (SSSR count). The molecule has 166 valence electrons. The molecule has 2 aliphatic rings. The predicted molar refractivity (Wildman–Crippen MR) is 126 cm³/mol. The van der Waals surface area contributed by atoms with Crippen molar-refractivity contribution in [3.8, 4) is 0 Å². The number of amides is 2. The minimum absolute atomic E-state index is 0.130. The molecule has 1 aromatic heterocycles. The number of likely N-dealkylation sites (tertiary alicyclic amines) is 1. The molecule has 2 amide bonds. The molecule has 1 aliphatic carbocycles. The van der Waals surface area contributed by atoms with Crippen LogP contribution in [0.1, 0.15) is 65.1 Å². The van der Waals surface area contributed by atoms with Gasteiger partial charge in [-0.25, -0.2) is 0 Å². The third kappa shape index (κ3) is 5.48. The van der Waals surface area contributed by atoms with Crippen molar-refractivity contribution in [2.75, 3.05) is 26.2 Å². The maximum absolute atomic E-state index is 12.8. The standard InChI is InChI=1S/C24H30ClN3O2S/c1-23(2,15-26-22(30)19-9-10-20(25)31-19)27-21(29)17-5-7-18(8-6-17)24(11-12-24)16-28-13-3-4-14-28/h5-10H,3-4,11-16H2,1-2H3,(H,26,30)(H,27,29). The first-order chi connectivity index (χ1) is 14.8. The largest absolute Gasteiger partial charge is 0.349 e. The molecule has 2 heterocycles. The number of nitrogens with one attached hydrogen (secondary N) is 2. The van der Waals surface area contributed by atoms with Crippen LogP contribution >= 0.6 is 22.9 Å². The Bertz CT molecular complexity index is 944. The van der Waals surface area contributed by atoms with Crippen molar-refractivity contribution in [3.05, 3.63) is 56.7 Å². The molecule has 1 saturated heterocycles. The number of thiophene rings is 1. The van der Waals surface area contributed by atoms with Crippen molar-refractivity contribution in [1.82, 2.24) is 15.5 Å². The van der Waals surface area contributed by atoms with Gasteiger partial charge in [-0.2, -0.15) is 0 Å². The first-order valence-electron chi connectivity index (χ1n) is 11.0. The van der Waals surface area contributed by atoms with Gasteiger partial charge in [0.05, 0.1) is 14.8 Å². The first-order valence-corrected chi connectivity index (χ1v) is 12.1. The van der Waals surface area contributed by atoms with Crippen molar-refractivity contribution in [2.45, 2.75) is 50.5 Å². The van der Waals surface area contributed by atoms with Gasteiger partial charge in [0, 0.05) is 24.1 Å². The number of rotatable bonds is 8. The molecular formula is C24H30ClN3O2S. The summed E-state index contributed by atoms with van der Waals surface area (Å²) in [6, 6.07) is 11.5. The zero-order valence-electron chi connectivity index (χ0n) is 18.2. The summed E-state index contributed by atoms with van der Waals surface area (Å²) in [7, 11) is 0. The van der Waals surface area contributed by atoms with E-state index in [1.165, 1.54) is 55.7 Å². The molecule has 1 aliphatic heterocycles. The predicted octanol–water partition coefficient (Wildman–Crippen LogP) is 4.47. The molecule has 1 saturated carbocycles. The Hall–Kier alpha value is -1.89. The number of nitrogens with zero attached hydrogens (tertiary/aromatic N) is 1. The molecule has 2 aromatic rings. The van der Waals surface area contributed by atoms with E-state index in [1.807, 2.05) is 26.0 Å². The summed E-state index contributed by atoms with van der Waals surface area (Å²) in [6.07, 6.45) is 5.09. The second kappa shape index (κ2) is 8.93. The Morgan fingerprint density at radius 3 is 2.32 bits per heavy atom. The SMILES string of the molecule is CC(C)(CNC(=O)c1ccc(Cl)s1)NC(=O)c1ccc(C2(CN3CCCC3)CC2)cc1. The number of hydrogen-bond acceptors (Lipinski definition) is 4. The molecule has 2 fully saturated rings. The Kier molecular flexibility index (Phi) is 6.42. The first kappa shape index (κ1) is 22.3. The lowest BCUT2D eigenvalue weighted by Crippen LogP contribution is -2.51. The van der Waals surface area contributed by atoms with E-state index in [2.05, 4.69) is 27.7 Å². The lowest BCUT2D eigenvalue weighted by molar-refractivity contribution is 0.0883. The number of halogens is 1. The zero-order valence-corrected chi connectivity index (χ0v) is 19.7. The topological polar surface area (TPSA) is 61.4 Å². The Labute approximate surface area is 193 Å². The third-order valence-electron chi connectivity index (χ3n) is 6.28. The van der Waals surface area contributed by atoms with E-state index in [0.717, 1.165) is 6.54 Å². The number of hydrogen-bond donors (Lipinski definition) is 2. The zero-order chi connectivity index (χ0) is 22.1. The van der Waals surface area contributed by atoms with Crippen LogP contribution < -0.4 is 10.6 Å². The molecule has 0 spiro atoms.